The van der Waals surface area contributed by atoms with Crippen molar-refractivity contribution in [2.45, 2.75) is 6.36 Å². The maximum atomic E-state index is 13.8. The van der Waals surface area contributed by atoms with Crippen molar-refractivity contribution in [1.82, 2.24) is 0 Å². The predicted octanol–water partition coefficient (Wildman–Crippen LogP) is 4.72. The Morgan fingerprint density at radius 2 is 1.76 bits per heavy atom. The lowest BCUT2D eigenvalue weighted by Gasteiger charge is -2.10. The number of benzene rings is 2. The van der Waals surface area contributed by atoms with E-state index < -0.39 is 23.7 Å². The van der Waals surface area contributed by atoms with Crippen LogP contribution in [-0.4, -0.2) is 12.1 Å². The van der Waals surface area contributed by atoms with Crippen LogP contribution in [-0.2, 0) is 0 Å². The first-order valence-electron chi connectivity index (χ1n) is 5.62. The summed E-state index contributed by atoms with van der Waals surface area (Å²) in [6.45, 7) is 0. The summed E-state index contributed by atoms with van der Waals surface area (Å²) in [6.07, 6.45) is -4.86. The average molecular weight is 363 g/mol. The minimum absolute atomic E-state index is 0.0936. The largest absolute Gasteiger partial charge is 0.573 e. The molecule has 7 heteroatoms. The van der Waals surface area contributed by atoms with E-state index in [0.29, 0.717) is 0 Å². The number of carbonyl (C=O) groups is 1. The molecular formula is C14H7BrF4O2. The van der Waals surface area contributed by atoms with Gasteiger partial charge in [-0.2, -0.15) is 0 Å². The van der Waals surface area contributed by atoms with E-state index in [1.807, 2.05) is 0 Å². The molecule has 0 amide bonds. The number of halogens is 5. The Morgan fingerprint density at radius 1 is 1.10 bits per heavy atom. The minimum atomic E-state index is -4.86. The third kappa shape index (κ3) is 3.81. The highest BCUT2D eigenvalue weighted by Crippen LogP contribution is 2.26. The van der Waals surface area contributed by atoms with Gasteiger partial charge in [0.1, 0.15) is 11.6 Å². The highest BCUT2D eigenvalue weighted by Gasteiger charge is 2.31. The number of ketones is 1. The summed E-state index contributed by atoms with van der Waals surface area (Å²) in [4.78, 5) is 12.1. The van der Waals surface area contributed by atoms with E-state index in [4.69, 9.17) is 0 Å². The van der Waals surface area contributed by atoms with Crippen molar-refractivity contribution in [2.75, 3.05) is 0 Å². The Kier molecular flexibility index (Phi) is 4.32. The van der Waals surface area contributed by atoms with Gasteiger partial charge in [-0.1, -0.05) is 18.2 Å². The highest BCUT2D eigenvalue weighted by atomic mass is 79.9. The molecule has 0 aromatic heterocycles. The Morgan fingerprint density at radius 3 is 2.43 bits per heavy atom. The Labute approximate surface area is 125 Å². The molecule has 2 aromatic rings. The van der Waals surface area contributed by atoms with Gasteiger partial charge >= 0.3 is 6.36 Å². The molecule has 2 aromatic carbocycles. The molecule has 0 bridgehead atoms. The lowest BCUT2D eigenvalue weighted by Crippen LogP contribution is -2.17. The molecule has 0 saturated heterocycles. The zero-order valence-electron chi connectivity index (χ0n) is 10.2. The van der Waals surface area contributed by atoms with Gasteiger partial charge in [0.25, 0.3) is 0 Å². The van der Waals surface area contributed by atoms with Crippen molar-refractivity contribution in [3.8, 4) is 5.75 Å². The van der Waals surface area contributed by atoms with Crippen LogP contribution >= 0.6 is 15.9 Å². The van der Waals surface area contributed by atoms with Crippen LogP contribution in [0.2, 0.25) is 0 Å². The standard InChI is InChI=1S/C14H7BrF4O2/c15-11-6-2-5-10(12(11)16)13(20)8-3-1-4-9(7-8)21-14(17,18)19/h1-7H. The molecule has 0 N–H and O–H groups in total. The second kappa shape index (κ2) is 5.85. The molecule has 21 heavy (non-hydrogen) atoms. The van der Waals surface area contributed by atoms with Gasteiger partial charge in [-0.15, -0.1) is 13.2 Å². The minimum Gasteiger partial charge on any atom is -0.406 e. The Balaban J connectivity index is 2.36. The molecule has 110 valence electrons. The molecule has 0 spiro atoms. The monoisotopic (exact) mass is 362 g/mol. The lowest BCUT2D eigenvalue weighted by molar-refractivity contribution is -0.274. The summed E-state index contributed by atoms with van der Waals surface area (Å²) < 4.78 is 54.1. The fourth-order valence-electron chi connectivity index (χ4n) is 1.67. The van der Waals surface area contributed by atoms with Crippen molar-refractivity contribution >= 4 is 21.7 Å². The molecule has 0 atom stereocenters. The Hall–Kier alpha value is -1.89. The number of carbonyl (C=O) groups excluding carboxylic acids is 1. The van der Waals surface area contributed by atoms with Gasteiger partial charge in [0.15, 0.2) is 5.78 Å². The molecule has 0 saturated carbocycles. The molecule has 0 heterocycles. The summed E-state index contributed by atoms with van der Waals surface area (Å²) in [7, 11) is 0. The first-order chi connectivity index (χ1) is 9.78. The van der Waals surface area contributed by atoms with Crippen molar-refractivity contribution in [3.05, 3.63) is 63.9 Å². The van der Waals surface area contributed by atoms with Crippen LogP contribution in [0.4, 0.5) is 17.6 Å². The zero-order chi connectivity index (χ0) is 15.6. The average Bonchev–Trinajstić information content (AvgIpc) is 2.39. The molecular weight excluding hydrogens is 356 g/mol. The zero-order valence-corrected chi connectivity index (χ0v) is 11.8. The molecule has 0 radical (unpaired) electrons. The molecule has 0 aliphatic rings. The van der Waals surface area contributed by atoms with Gasteiger partial charge in [-0.25, -0.2) is 4.39 Å². The maximum absolute atomic E-state index is 13.8. The summed E-state index contributed by atoms with van der Waals surface area (Å²) in [6, 6.07) is 8.60. The van der Waals surface area contributed by atoms with E-state index in [-0.39, 0.29) is 15.6 Å². The van der Waals surface area contributed by atoms with Gasteiger partial charge in [0, 0.05) is 5.56 Å². The Bertz CT molecular complexity index is 683. The van der Waals surface area contributed by atoms with Crippen molar-refractivity contribution in [1.29, 1.82) is 0 Å². The fraction of sp³-hybridized carbons (Fsp3) is 0.0714. The number of rotatable bonds is 3. The molecule has 2 rings (SSSR count). The fourth-order valence-corrected chi connectivity index (χ4v) is 2.04. The van der Waals surface area contributed by atoms with Crippen LogP contribution in [0.1, 0.15) is 15.9 Å². The summed E-state index contributed by atoms with van der Waals surface area (Å²) in [5.74, 6) is -2.05. The van der Waals surface area contributed by atoms with Gasteiger partial charge < -0.3 is 4.74 Å². The first kappa shape index (κ1) is 15.5. The first-order valence-corrected chi connectivity index (χ1v) is 6.42. The van der Waals surface area contributed by atoms with E-state index in [0.717, 1.165) is 12.1 Å². The molecule has 0 aliphatic carbocycles. The van der Waals surface area contributed by atoms with Gasteiger partial charge in [0.2, 0.25) is 0 Å². The second-order valence-electron chi connectivity index (χ2n) is 4.01. The highest BCUT2D eigenvalue weighted by molar-refractivity contribution is 9.10. The van der Waals surface area contributed by atoms with Crippen LogP contribution < -0.4 is 4.74 Å². The van der Waals surface area contributed by atoms with Gasteiger partial charge in [-0.3, -0.25) is 4.79 Å². The van der Waals surface area contributed by atoms with Crippen LogP contribution in [0.15, 0.2) is 46.9 Å². The van der Waals surface area contributed by atoms with E-state index >= 15 is 0 Å². The summed E-state index contributed by atoms with van der Waals surface area (Å²) in [5, 5.41) is 0. The van der Waals surface area contributed by atoms with E-state index in [2.05, 4.69) is 20.7 Å². The predicted molar refractivity (Wildman–Crippen MR) is 70.7 cm³/mol. The quantitative estimate of drug-likeness (QED) is 0.583. The van der Waals surface area contributed by atoms with Crippen molar-refractivity contribution < 1.29 is 27.1 Å². The van der Waals surface area contributed by atoms with Gasteiger partial charge in [0.05, 0.1) is 10.0 Å². The third-order valence-electron chi connectivity index (χ3n) is 2.53. The topological polar surface area (TPSA) is 26.3 Å². The van der Waals surface area contributed by atoms with E-state index in [1.165, 1.54) is 30.3 Å². The molecule has 2 nitrogen and oxygen atoms in total. The van der Waals surface area contributed by atoms with Crippen LogP contribution in [0.3, 0.4) is 0 Å². The van der Waals surface area contributed by atoms with Gasteiger partial charge in [-0.05, 0) is 40.2 Å². The summed E-state index contributed by atoms with van der Waals surface area (Å²) >= 11 is 2.94. The molecule has 0 unspecified atom stereocenters. The SMILES string of the molecule is O=C(c1cccc(OC(F)(F)F)c1)c1cccc(Br)c1F. The van der Waals surface area contributed by atoms with Crippen LogP contribution in [0.25, 0.3) is 0 Å². The van der Waals surface area contributed by atoms with Crippen molar-refractivity contribution in [2.24, 2.45) is 0 Å². The molecule has 0 fully saturated rings. The normalized spacial score (nSPS) is 11.3. The lowest BCUT2D eigenvalue weighted by atomic mass is 10.0. The number of alkyl halides is 3. The van der Waals surface area contributed by atoms with Crippen molar-refractivity contribution in [3.63, 3.8) is 0 Å². The molecule has 0 aliphatic heterocycles. The van der Waals surface area contributed by atoms with Crippen LogP contribution in [0.5, 0.6) is 5.75 Å². The third-order valence-corrected chi connectivity index (χ3v) is 3.14. The van der Waals surface area contributed by atoms with E-state index in [9.17, 15) is 22.4 Å². The summed E-state index contributed by atoms with van der Waals surface area (Å²) in [5.41, 5.74) is -0.345. The second-order valence-corrected chi connectivity index (χ2v) is 4.86. The smallest absolute Gasteiger partial charge is 0.406 e. The van der Waals surface area contributed by atoms with Crippen LogP contribution in [0, 0.1) is 5.82 Å². The number of ether oxygens (including phenoxy) is 1. The van der Waals surface area contributed by atoms with E-state index in [1.54, 1.807) is 0 Å². The number of hydrogen-bond acceptors (Lipinski definition) is 2. The number of hydrogen-bond donors (Lipinski definition) is 0. The maximum Gasteiger partial charge on any atom is 0.573 e.